The van der Waals surface area contributed by atoms with Gasteiger partial charge in [-0.25, -0.2) is 0 Å². The van der Waals surface area contributed by atoms with Gasteiger partial charge in [-0.1, -0.05) is 0 Å². The molecule has 158 valence electrons. The number of nitrogens with zero attached hydrogens (tertiary/aromatic N) is 1. The summed E-state index contributed by atoms with van der Waals surface area (Å²) in [5.74, 6) is -1.73. The molecule has 0 spiro atoms. The summed E-state index contributed by atoms with van der Waals surface area (Å²) in [7, 11) is 0. The maximum absolute atomic E-state index is 12.4. The van der Waals surface area contributed by atoms with Crippen LogP contribution in [0.3, 0.4) is 0 Å². The van der Waals surface area contributed by atoms with Crippen LogP contribution in [0.5, 0.6) is 0 Å². The fraction of sp³-hybridized carbons (Fsp3) is 0.706. The smallest absolute Gasteiger partial charge is 0.243 e. The number of hydrogen-bond acceptors (Lipinski definition) is 8. The number of likely N-dealkylation sites (tertiary alicyclic amines) is 1. The highest BCUT2D eigenvalue weighted by atomic mass is 32.2. The van der Waals surface area contributed by atoms with Crippen molar-refractivity contribution in [3.63, 3.8) is 0 Å². The van der Waals surface area contributed by atoms with Crippen molar-refractivity contribution in [2.45, 2.75) is 43.9 Å². The van der Waals surface area contributed by atoms with E-state index in [1.165, 1.54) is 6.92 Å². The molecule has 2 atom stereocenters. The number of nitrogens with one attached hydrogen (secondary N) is 2. The lowest BCUT2D eigenvalue weighted by Crippen LogP contribution is -2.48. The third-order valence-electron chi connectivity index (χ3n) is 4.00. The number of aliphatic hydroxyl groups is 2. The van der Waals surface area contributed by atoms with Gasteiger partial charge in [-0.05, 0) is 6.42 Å². The molecule has 4 amide bonds. The van der Waals surface area contributed by atoms with Gasteiger partial charge in [0.1, 0.15) is 11.8 Å². The minimum atomic E-state index is -0.897. The first kappa shape index (κ1) is 24.1. The summed E-state index contributed by atoms with van der Waals surface area (Å²) < 4.78 is 0. The van der Waals surface area contributed by atoms with E-state index in [4.69, 9.17) is 10.2 Å². The van der Waals surface area contributed by atoms with Gasteiger partial charge in [0.2, 0.25) is 23.6 Å². The van der Waals surface area contributed by atoms with Gasteiger partial charge in [0.15, 0.2) is 0 Å². The zero-order chi connectivity index (χ0) is 21.1. The molecule has 28 heavy (non-hydrogen) atoms. The largest absolute Gasteiger partial charge is 0.396 e. The normalized spacial score (nSPS) is 17.5. The zero-order valence-electron chi connectivity index (χ0n) is 15.8. The SMILES string of the molecule is CC(=O)NC(CSC1CC(=O)N(CCC(=O)CCCO)C1=O)C(=O)NCCO. The average molecular weight is 417 g/mol. The van der Waals surface area contributed by atoms with Gasteiger partial charge in [-0.15, -0.1) is 11.8 Å². The van der Waals surface area contributed by atoms with Gasteiger partial charge in [0.05, 0.1) is 11.9 Å². The third kappa shape index (κ3) is 7.95. The summed E-state index contributed by atoms with van der Waals surface area (Å²) in [6, 6.07) is -0.897. The van der Waals surface area contributed by atoms with E-state index in [2.05, 4.69) is 10.6 Å². The Hall–Kier alpha value is -1.98. The summed E-state index contributed by atoms with van der Waals surface area (Å²) in [6.07, 6.45) is 0.570. The maximum Gasteiger partial charge on any atom is 0.243 e. The molecule has 0 aromatic heterocycles. The molecule has 10 nitrogen and oxygen atoms in total. The van der Waals surface area contributed by atoms with Gasteiger partial charge in [-0.3, -0.25) is 28.9 Å². The monoisotopic (exact) mass is 417 g/mol. The van der Waals surface area contributed by atoms with E-state index in [1.54, 1.807) is 0 Å². The Labute approximate surface area is 167 Å². The highest BCUT2D eigenvalue weighted by Gasteiger charge is 2.39. The number of ketones is 1. The summed E-state index contributed by atoms with van der Waals surface area (Å²) in [5.41, 5.74) is 0. The maximum atomic E-state index is 12.4. The molecule has 0 radical (unpaired) electrons. The first-order valence-electron chi connectivity index (χ1n) is 9.04. The third-order valence-corrected chi connectivity index (χ3v) is 5.30. The molecule has 1 aliphatic rings. The van der Waals surface area contributed by atoms with Crippen molar-refractivity contribution in [3.05, 3.63) is 0 Å². The highest BCUT2D eigenvalue weighted by molar-refractivity contribution is 8.00. The van der Waals surface area contributed by atoms with Crippen LogP contribution in [-0.4, -0.2) is 87.9 Å². The molecule has 2 unspecified atom stereocenters. The number of imide groups is 1. The van der Waals surface area contributed by atoms with Gasteiger partial charge < -0.3 is 20.8 Å². The predicted octanol–water partition coefficient (Wildman–Crippen LogP) is -1.81. The van der Waals surface area contributed by atoms with E-state index in [-0.39, 0.29) is 63.0 Å². The number of Topliss-reactive ketones (excluding diaryl/α,β-unsaturated/α-hetero) is 1. The van der Waals surface area contributed by atoms with Gasteiger partial charge in [0.25, 0.3) is 0 Å². The lowest BCUT2D eigenvalue weighted by atomic mass is 10.1. The molecule has 1 fully saturated rings. The number of carbonyl (C=O) groups is 5. The van der Waals surface area contributed by atoms with Crippen molar-refractivity contribution in [1.82, 2.24) is 15.5 Å². The molecule has 0 aromatic rings. The van der Waals surface area contributed by atoms with Crippen LogP contribution in [0.15, 0.2) is 0 Å². The van der Waals surface area contributed by atoms with E-state index in [0.29, 0.717) is 6.42 Å². The second-order valence-corrected chi connectivity index (χ2v) is 7.53. The van der Waals surface area contributed by atoms with E-state index in [9.17, 15) is 24.0 Å². The molecule has 4 N–H and O–H groups in total. The van der Waals surface area contributed by atoms with Crippen LogP contribution in [0.2, 0.25) is 0 Å². The van der Waals surface area contributed by atoms with Crippen LogP contribution < -0.4 is 10.6 Å². The number of carbonyl (C=O) groups excluding carboxylic acids is 5. The summed E-state index contributed by atoms with van der Waals surface area (Å²) in [4.78, 5) is 60.6. The molecule has 0 bridgehead atoms. The predicted molar refractivity (Wildman–Crippen MR) is 101 cm³/mol. The Balaban J connectivity index is 2.57. The number of thioether (sulfide) groups is 1. The van der Waals surface area contributed by atoms with Crippen LogP contribution in [0, 0.1) is 0 Å². The Morgan fingerprint density at radius 3 is 2.54 bits per heavy atom. The van der Waals surface area contributed by atoms with Crippen molar-refractivity contribution in [3.8, 4) is 0 Å². The van der Waals surface area contributed by atoms with Crippen LogP contribution >= 0.6 is 11.8 Å². The zero-order valence-corrected chi connectivity index (χ0v) is 16.6. The number of hydrogen-bond donors (Lipinski definition) is 4. The standard InChI is InChI=1S/C17H27N3O7S/c1-11(23)19-13(16(26)18-5-8-22)10-28-14-9-15(25)20(17(14)27)6-4-12(24)3-2-7-21/h13-14,21-22H,2-10H2,1H3,(H,18,26)(H,19,23). The molecular formula is C17H27N3O7S. The molecular weight excluding hydrogens is 390 g/mol. The first-order chi connectivity index (χ1) is 13.3. The van der Waals surface area contributed by atoms with Crippen LogP contribution in [0.1, 0.15) is 32.6 Å². The first-order valence-corrected chi connectivity index (χ1v) is 10.1. The average Bonchev–Trinajstić information content (AvgIpc) is 2.92. The fourth-order valence-corrected chi connectivity index (χ4v) is 3.79. The molecule has 0 saturated carbocycles. The second-order valence-electron chi connectivity index (χ2n) is 6.29. The lowest BCUT2D eigenvalue weighted by molar-refractivity contribution is -0.138. The molecule has 1 rings (SSSR count). The number of amides is 4. The Morgan fingerprint density at radius 1 is 1.21 bits per heavy atom. The van der Waals surface area contributed by atoms with E-state index < -0.39 is 29.0 Å². The summed E-state index contributed by atoms with van der Waals surface area (Å²) >= 11 is 1.09. The second kappa shape index (κ2) is 12.5. The Kier molecular flexibility index (Phi) is 10.7. The molecule has 0 aromatic carbocycles. The number of rotatable bonds is 13. The van der Waals surface area contributed by atoms with Gasteiger partial charge >= 0.3 is 0 Å². The summed E-state index contributed by atoms with van der Waals surface area (Å²) in [5, 5.41) is 21.8. The van der Waals surface area contributed by atoms with Gasteiger partial charge in [0, 0.05) is 51.6 Å². The molecule has 1 heterocycles. The molecule has 11 heteroatoms. The van der Waals surface area contributed by atoms with Crippen LogP contribution in [0.25, 0.3) is 0 Å². The van der Waals surface area contributed by atoms with Crippen molar-refractivity contribution in [2.24, 2.45) is 0 Å². The van der Waals surface area contributed by atoms with E-state index in [0.717, 1.165) is 16.7 Å². The van der Waals surface area contributed by atoms with E-state index in [1.807, 2.05) is 0 Å². The van der Waals surface area contributed by atoms with Crippen LogP contribution in [0.4, 0.5) is 0 Å². The minimum Gasteiger partial charge on any atom is -0.396 e. The number of aliphatic hydroxyl groups excluding tert-OH is 2. The van der Waals surface area contributed by atoms with Gasteiger partial charge in [-0.2, -0.15) is 0 Å². The topological polar surface area (TPSA) is 153 Å². The summed E-state index contributed by atoms with van der Waals surface area (Å²) in [6.45, 7) is 0.973. The van der Waals surface area contributed by atoms with Crippen molar-refractivity contribution in [2.75, 3.05) is 32.1 Å². The Morgan fingerprint density at radius 2 is 1.93 bits per heavy atom. The fourth-order valence-electron chi connectivity index (χ4n) is 2.60. The molecule has 0 aliphatic carbocycles. The van der Waals surface area contributed by atoms with Crippen molar-refractivity contribution in [1.29, 1.82) is 0 Å². The van der Waals surface area contributed by atoms with Crippen molar-refractivity contribution >= 4 is 41.2 Å². The highest BCUT2D eigenvalue weighted by Crippen LogP contribution is 2.26. The van der Waals surface area contributed by atoms with Crippen molar-refractivity contribution < 1.29 is 34.2 Å². The molecule has 1 saturated heterocycles. The van der Waals surface area contributed by atoms with E-state index >= 15 is 0 Å². The lowest BCUT2D eigenvalue weighted by Gasteiger charge is -2.19. The molecule has 1 aliphatic heterocycles. The van der Waals surface area contributed by atoms with Crippen LogP contribution in [-0.2, 0) is 24.0 Å². The quantitative estimate of drug-likeness (QED) is 0.256. The minimum absolute atomic E-state index is 0.00506. The Bertz CT molecular complexity index is 599.